The van der Waals surface area contributed by atoms with E-state index < -0.39 is 10.0 Å². The normalized spacial score (nSPS) is 16.0. The molecule has 1 heterocycles. The average molecular weight is 368 g/mol. The topological polar surface area (TPSA) is 66.9 Å². The molecule has 140 valence electrons. The van der Waals surface area contributed by atoms with Gasteiger partial charge in [-0.05, 0) is 31.9 Å². The fourth-order valence-corrected chi connectivity index (χ4v) is 4.49. The Morgan fingerprint density at radius 1 is 1.16 bits per heavy atom. The molecule has 25 heavy (non-hydrogen) atoms. The van der Waals surface area contributed by atoms with Crippen molar-refractivity contribution in [2.75, 3.05) is 38.5 Å². The molecule has 0 unspecified atom stereocenters. The van der Waals surface area contributed by atoms with Crippen molar-refractivity contribution in [1.82, 2.24) is 9.21 Å². The predicted molar refractivity (Wildman–Crippen MR) is 98.3 cm³/mol. The molecule has 0 aliphatic carbocycles. The molecule has 1 aromatic carbocycles. The van der Waals surface area contributed by atoms with Gasteiger partial charge in [0.2, 0.25) is 10.0 Å². The number of carbonyl (C=O) groups excluding carboxylic acids is 1. The second-order valence-electron chi connectivity index (χ2n) is 6.51. The lowest BCUT2D eigenvalue weighted by Crippen LogP contribution is -2.52. The Bertz CT molecular complexity index is 695. The summed E-state index contributed by atoms with van der Waals surface area (Å²) in [4.78, 5) is 14.0. The van der Waals surface area contributed by atoms with E-state index in [4.69, 9.17) is 4.74 Å². The summed E-state index contributed by atoms with van der Waals surface area (Å²) in [5.74, 6) is 0.790. The molecule has 1 amide bonds. The third kappa shape index (κ3) is 5.44. The third-order valence-corrected chi connectivity index (χ3v) is 6.38. The minimum Gasteiger partial charge on any atom is -0.484 e. The van der Waals surface area contributed by atoms with Gasteiger partial charge in [-0.25, -0.2) is 8.42 Å². The van der Waals surface area contributed by atoms with Crippen molar-refractivity contribution in [3.63, 3.8) is 0 Å². The number of nitrogens with zero attached hydrogens (tertiary/aromatic N) is 2. The van der Waals surface area contributed by atoms with E-state index in [1.165, 1.54) is 4.31 Å². The number of piperazine rings is 1. The molecule has 2 rings (SSSR count). The van der Waals surface area contributed by atoms with Gasteiger partial charge in [0.05, 0.1) is 5.75 Å². The number of ether oxygens (including phenoxy) is 1. The number of hydrogen-bond donors (Lipinski definition) is 0. The number of rotatable bonds is 7. The summed E-state index contributed by atoms with van der Waals surface area (Å²) in [5, 5.41) is 0. The van der Waals surface area contributed by atoms with Crippen LogP contribution in [0.3, 0.4) is 0 Å². The van der Waals surface area contributed by atoms with Gasteiger partial charge in [0.15, 0.2) is 6.61 Å². The maximum Gasteiger partial charge on any atom is 0.260 e. The van der Waals surface area contributed by atoms with E-state index >= 15 is 0 Å². The van der Waals surface area contributed by atoms with E-state index in [-0.39, 0.29) is 18.3 Å². The standard InChI is InChI=1S/C18H28N2O4S/c1-4-5-12-25(22,23)20-10-8-19(9-11-20)18(21)14-24-17-7-6-15(2)13-16(17)3/h6-7,13H,4-5,8-12,14H2,1-3H3. The summed E-state index contributed by atoms with van der Waals surface area (Å²) in [5.41, 5.74) is 2.15. The molecule has 0 aromatic heterocycles. The second-order valence-corrected chi connectivity index (χ2v) is 8.60. The van der Waals surface area contributed by atoms with Crippen LogP contribution in [0, 0.1) is 13.8 Å². The van der Waals surface area contributed by atoms with Gasteiger partial charge in [0.25, 0.3) is 5.91 Å². The molecule has 0 N–H and O–H groups in total. The van der Waals surface area contributed by atoms with Crippen molar-refractivity contribution in [2.24, 2.45) is 0 Å². The summed E-state index contributed by atoms with van der Waals surface area (Å²) in [7, 11) is -3.20. The van der Waals surface area contributed by atoms with Crippen LogP contribution in [0.25, 0.3) is 0 Å². The molecule has 1 aromatic rings. The summed E-state index contributed by atoms with van der Waals surface area (Å²) < 4.78 is 31.5. The smallest absolute Gasteiger partial charge is 0.260 e. The van der Waals surface area contributed by atoms with Crippen molar-refractivity contribution in [3.8, 4) is 5.75 Å². The summed E-state index contributed by atoms with van der Waals surface area (Å²) in [6, 6.07) is 5.84. The lowest BCUT2D eigenvalue weighted by atomic mass is 10.1. The predicted octanol–water partition coefficient (Wildman–Crippen LogP) is 1.96. The SMILES string of the molecule is CCCCS(=O)(=O)N1CCN(C(=O)COc2ccc(C)cc2C)CC1. The van der Waals surface area contributed by atoms with E-state index in [9.17, 15) is 13.2 Å². The average Bonchev–Trinajstić information content (AvgIpc) is 2.59. The Morgan fingerprint density at radius 2 is 1.84 bits per heavy atom. The van der Waals surface area contributed by atoms with E-state index in [0.717, 1.165) is 17.5 Å². The van der Waals surface area contributed by atoms with Gasteiger partial charge in [-0.1, -0.05) is 31.0 Å². The van der Waals surface area contributed by atoms with Gasteiger partial charge in [-0.2, -0.15) is 4.31 Å². The number of amides is 1. The highest BCUT2D eigenvalue weighted by molar-refractivity contribution is 7.89. The van der Waals surface area contributed by atoms with Crippen LogP contribution in [0.15, 0.2) is 18.2 Å². The zero-order valence-electron chi connectivity index (χ0n) is 15.3. The van der Waals surface area contributed by atoms with Crippen LogP contribution in [0.1, 0.15) is 30.9 Å². The summed E-state index contributed by atoms with van der Waals surface area (Å²) in [6.07, 6.45) is 1.53. The number of aryl methyl sites for hydroxylation is 2. The minimum atomic E-state index is -3.20. The lowest BCUT2D eigenvalue weighted by Gasteiger charge is -2.34. The zero-order chi connectivity index (χ0) is 18.4. The first-order valence-corrected chi connectivity index (χ1v) is 10.4. The fourth-order valence-electron chi connectivity index (χ4n) is 2.86. The molecule has 1 aliphatic heterocycles. The van der Waals surface area contributed by atoms with Crippen LogP contribution >= 0.6 is 0 Å². The summed E-state index contributed by atoms with van der Waals surface area (Å²) in [6.45, 7) is 7.47. The Hall–Kier alpha value is -1.60. The number of unbranched alkanes of at least 4 members (excludes halogenated alkanes) is 1. The van der Waals surface area contributed by atoms with Crippen LogP contribution in [0.2, 0.25) is 0 Å². The second kappa shape index (κ2) is 8.67. The van der Waals surface area contributed by atoms with Gasteiger partial charge in [-0.3, -0.25) is 4.79 Å². The maximum absolute atomic E-state index is 12.3. The lowest BCUT2D eigenvalue weighted by molar-refractivity contribution is -0.134. The minimum absolute atomic E-state index is 0.0213. The van der Waals surface area contributed by atoms with Crippen LogP contribution in [0.4, 0.5) is 0 Å². The Labute approximate surface area is 150 Å². The van der Waals surface area contributed by atoms with E-state index in [1.54, 1.807) is 4.90 Å². The maximum atomic E-state index is 12.3. The van der Waals surface area contributed by atoms with Crippen molar-refractivity contribution >= 4 is 15.9 Å². The van der Waals surface area contributed by atoms with E-state index in [1.807, 2.05) is 39.0 Å². The van der Waals surface area contributed by atoms with E-state index in [2.05, 4.69) is 0 Å². The number of hydrogen-bond acceptors (Lipinski definition) is 4. The highest BCUT2D eigenvalue weighted by atomic mass is 32.2. The third-order valence-electron chi connectivity index (χ3n) is 4.42. The first-order valence-electron chi connectivity index (χ1n) is 8.79. The van der Waals surface area contributed by atoms with Gasteiger partial charge >= 0.3 is 0 Å². The Balaban J connectivity index is 1.83. The molecular formula is C18H28N2O4S. The molecular weight excluding hydrogens is 340 g/mol. The summed E-state index contributed by atoms with van der Waals surface area (Å²) >= 11 is 0. The fraction of sp³-hybridized carbons (Fsp3) is 0.611. The van der Waals surface area contributed by atoms with Crippen LogP contribution in [-0.2, 0) is 14.8 Å². The van der Waals surface area contributed by atoms with Gasteiger partial charge in [-0.15, -0.1) is 0 Å². The zero-order valence-corrected chi connectivity index (χ0v) is 16.1. The van der Waals surface area contributed by atoms with Gasteiger partial charge in [0, 0.05) is 26.2 Å². The number of carbonyl (C=O) groups is 1. The van der Waals surface area contributed by atoms with Gasteiger partial charge < -0.3 is 9.64 Å². The molecule has 1 saturated heterocycles. The van der Waals surface area contributed by atoms with E-state index in [0.29, 0.717) is 38.3 Å². The Morgan fingerprint density at radius 3 is 2.44 bits per heavy atom. The van der Waals surface area contributed by atoms with Crippen molar-refractivity contribution in [2.45, 2.75) is 33.6 Å². The molecule has 1 aliphatic rings. The highest BCUT2D eigenvalue weighted by Gasteiger charge is 2.28. The quantitative estimate of drug-likeness (QED) is 0.738. The molecule has 7 heteroatoms. The first kappa shape index (κ1) is 19.7. The monoisotopic (exact) mass is 368 g/mol. The number of benzene rings is 1. The molecule has 0 radical (unpaired) electrons. The highest BCUT2D eigenvalue weighted by Crippen LogP contribution is 2.19. The van der Waals surface area contributed by atoms with Crippen LogP contribution < -0.4 is 4.74 Å². The van der Waals surface area contributed by atoms with Crippen molar-refractivity contribution < 1.29 is 17.9 Å². The largest absolute Gasteiger partial charge is 0.484 e. The molecule has 0 saturated carbocycles. The molecule has 0 bridgehead atoms. The Kier molecular flexibility index (Phi) is 6.84. The van der Waals surface area contributed by atoms with Crippen LogP contribution in [0.5, 0.6) is 5.75 Å². The van der Waals surface area contributed by atoms with Crippen LogP contribution in [-0.4, -0.2) is 62.1 Å². The molecule has 0 atom stereocenters. The molecule has 1 fully saturated rings. The van der Waals surface area contributed by atoms with Gasteiger partial charge in [0.1, 0.15) is 5.75 Å². The first-order chi connectivity index (χ1) is 11.8. The van der Waals surface area contributed by atoms with Crippen molar-refractivity contribution in [1.29, 1.82) is 0 Å². The number of sulfonamides is 1. The molecule has 0 spiro atoms. The molecule has 6 nitrogen and oxygen atoms in total. The van der Waals surface area contributed by atoms with Crippen molar-refractivity contribution in [3.05, 3.63) is 29.3 Å².